The molecule has 1 unspecified atom stereocenters. The predicted octanol–water partition coefficient (Wildman–Crippen LogP) is 2.72. The van der Waals surface area contributed by atoms with Crippen molar-refractivity contribution in [2.24, 2.45) is 0 Å². The van der Waals surface area contributed by atoms with Gasteiger partial charge < -0.3 is 4.74 Å². The highest BCUT2D eigenvalue weighted by atomic mass is 16.8. The lowest BCUT2D eigenvalue weighted by Gasteiger charge is -2.25. The predicted molar refractivity (Wildman–Crippen MR) is 69.7 cm³/mol. The van der Waals surface area contributed by atoms with Crippen molar-refractivity contribution in [3.05, 3.63) is 47.2 Å². The lowest BCUT2D eigenvalue weighted by Crippen LogP contribution is -2.30. The number of fused-ring (bicyclic) bond motifs is 1. The topological polar surface area (TPSA) is 30.5 Å². The van der Waals surface area contributed by atoms with Gasteiger partial charge in [0, 0.05) is 25.1 Å². The maximum absolute atomic E-state index is 5.60. The molecule has 1 aliphatic heterocycles. The Hall–Kier alpha value is -1.32. The van der Waals surface area contributed by atoms with Crippen molar-refractivity contribution in [1.29, 1.82) is 0 Å². The third-order valence-corrected chi connectivity index (χ3v) is 3.53. The number of hydrogen-bond donors (Lipinski definition) is 1. The van der Waals surface area contributed by atoms with E-state index in [0.29, 0.717) is 0 Å². The average molecular weight is 245 g/mol. The number of rotatable bonds is 3. The summed E-state index contributed by atoms with van der Waals surface area (Å²) in [4.78, 5) is 5.60. The Morgan fingerprint density at radius 1 is 1.17 bits per heavy atom. The van der Waals surface area contributed by atoms with E-state index in [1.54, 1.807) is 0 Å². The fraction of sp³-hybridized carbons (Fsp3) is 0.467. The number of hydroxylamine groups is 1. The summed E-state index contributed by atoms with van der Waals surface area (Å²) in [5.74, 6) is 0. The van der Waals surface area contributed by atoms with Crippen LogP contribution in [0, 0.1) is 0 Å². The molecule has 0 saturated carbocycles. The number of nitrogens with one attached hydrogen (secondary N) is 1. The lowest BCUT2D eigenvalue weighted by atomic mass is 9.95. The van der Waals surface area contributed by atoms with Crippen LogP contribution in [0.5, 0.6) is 0 Å². The highest BCUT2D eigenvalue weighted by Crippen LogP contribution is 2.20. The van der Waals surface area contributed by atoms with Gasteiger partial charge in [0.15, 0.2) is 6.29 Å². The van der Waals surface area contributed by atoms with Crippen molar-refractivity contribution in [3.8, 4) is 0 Å². The minimum absolute atomic E-state index is 0.0863. The fourth-order valence-electron chi connectivity index (χ4n) is 2.46. The summed E-state index contributed by atoms with van der Waals surface area (Å²) in [5.41, 5.74) is 7.01. The SMILES string of the molecule is C1=C(NOC2CCCCO2)Cc2ccccc2C1. The zero-order valence-electron chi connectivity index (χ0n) is 10.5. The molecule has 18 heavy (non-hydrogen) atoms. The van der Waals surface area contributed by atoms with Gasteiger partial charge >= 0.3 is 0 Å². The molecule has 2 aliphatic rings. The van der Waals surface area contributed by atoms with Gasteiger partial charge in [-0.05, 0) is 30.4 Å². The van der Waals surface area contributed by atoms with Gasteiger partial charge in [0.25, 0.3) is 0 Å². The van der Waals surface area contributed by atoms with Crippen molar-refractivity contribution in [2.45, 2.75) is 38.4 Å². The van der Waals surface area contributed by atoms with Gasteiger partial charge in [-0.2, -0.15) is 0 Å². The van der Waals surface area contributed by atoms with E-state index in [2.05, 4.69) is 35.8 Å². The van der Waals surface area contributed by atoms with E-state index in [1.807, 2.05) is 0 Å². The molecule has 0 radical (unpaired) electrons. The van der Waals surface area contributed by atoms with E-state index in [4.69, 9.17) is 9.57 Å². The molecule has 0 spiro atoms. The normalized spacial score (nSPS) is 23.1. The van der Waals surface area contributed by atoms with Gasteiger partial charge in [-0.25, -0.2) is 4.84 Å². The van der Waals surface area contributed by atoms with Gasteiger partial charge in [0.05, 0.1) is 0 Å². The zero-order valence-corrected chi connectivity index (χ0v) is 10.5. The molecule has 1 N–H and O–H groups in total. The van der Waals surface area contributed by atoms with Crippen molar-refractivity contribution in [3.63, 3.8) is 0 Å². The van der Waals surface area contributed by atoms with Crippen molar-refractivity contribution < 1.29 is 9.57 Å². The van der Waals surface area contributed by atoms with E-state index in [1.165, 1.54) is 17.5 Å². The van der Waals surface area contributed by atoms with Crippen molar-refractivity contribution in [2.75, 3.05) is 6.61 Å². The maximum Gasteiger partial charge on any atom is 0.183 e. The van der Waals surface area contributed by atoms with Crippen LogP contribution in [0.2, 0.25) is 0 Å². The Balaban J connectivity index is 1.54. The molecule has 3 nitrogen and oxygen atoms in total. The number of ether oxygens (including phenoxy) is 1. The number of allylic oxidation sites excluding steroid dienone is 2. The van der Waals surface area contributed by atoms with Gasteiger partial charge in [-0.3, -0.25) is 5.48 Å². The summed E-state index contributed by atoms with van der Waals surface area (Å²) in [6.45, 7) is 0.814. The highest BCUT2D eigenvalue weighted by Gasteiger charge is 2.16. The van der Waals surface area contributed by atoms with E-state index < -0.39 is 0 Å². The molecule has 0 aromatic heterocycles. The van der Waals surface area contributed by atoms with Crippen LogP contribution in [0.4, 0.5) is 0 Å². The summed E-state index contributed by atoms with van der Waals surface area (Å²) in [5, 5.41) is 0. The molecule has 1 atom stereocenters. The third kappa shape index (κ3) is 2.74. The Bertz CT molecular complexity index is 436. The molecular formula is C15H19NO2. The summed E-state index contributed by atoms with van der Waals surface area (Å²) in [7, 11) is 0. The van der Waals surface area contributed by atoms with E-state index in [0.717, 1.165) is 38.0 Å². The van der Waals surface area contributed by atoms with Gasteiger partial charge in [-0.1, -0.05) is 30.3 Å². The van der Waals surface area contributed by atoms with Crippen LogP contribution < -0.4 is 5.48 Å². The monoisotopic (exact) mass is 245 g/mol. The van der Waals surface area contributed by atoms with E-state index in [9.17, 15) is 0 Å². The number of hydrogen-bond acceptors (Lipinski definition) is 3. The first-order valence-corrected chi connectivity index (χ1v) is 6.71. The van der Waals surface area contributed by atoms with E-state index in [-0.39, 0.29) is 6.29 Å². The smallest absolute Gasteiger partial charge is 0.183 e. The first-order valence-electron chi connectivity index (χ1n) is 6.71. The zero-order chi connectivity index (χ0) is 12.2. The van der Waals surface area contributed by atoms with Crippen LogP contribution in [0.3, 0.4) is 0 Å². The molecular weight excluding hydrogens is 226 g/mol. The Labute approximate surface area is 108 Å². The fourth-order valence-corrected chi connectivity index (χ4v) is 2.46. The minimum Gasteiger partial charge on any atom is -0.350 e. The van der Waals surface area contributed by atoms with Crippen LogP contribution in [0.25, 0.3) is 0 Å². The Kier molecular flexibility index (Phi) is 3.62. The second kappa shape index (κ2) is 5.55. The molecule has 1 fully saturated rings. The minimum atomic E-state index is -0.0863. The van der Waals surface area contributed by atoms with Crippen LogP contribution in [-0.2, 0) is 22.4 Å². The Morgan fingerprint density at radius 3 is 2.89 bits per heavy atom. The second-order valence-corrected chi connectivity index (χ2v) is 4.90. The Morgan fingerprint density at radius 2 is 2.06 bits per heavy atom. The standard InChI is InChI=1S/C15H19NO2/c1-2-6-13-11-14(9-8-12(13)5-1)16-18-15-7-3-4-10-17-15/h1-2,5-6,9,15-16H,3-4,7-8,10-11H2. The van der Waals surface area contributed by atoms with Gasteiger partial charge in [0.1, 0.15) is 0 Å². The lowest BCUT2D eigenvalue weighted by molar-refractivity contribution is -0.190. The summed E-state index contributed by atoms with van der Waals surface area (Å²) >= 11 is 0. The molecule has 3 heteroatoms. The van der Waals surface area contributed by atoms with E-state index >= 15 is 0 Å². The van der Waals surface area contributed by atoms with Crippen LogP contribution >= 0.6 is 0 Å². The van der Waals surface area contributed by atoms with Gasteiger partial charge in [-0.15, -0.1) is 0 Å². The molecule has 96 valence electrons. The summed E-state index contributed by atoms with van der Waals surface area (Å²) < 4.78 is 5.53. The third-order valence-electron chi connectivity index (χ3n) is 3.53. The van der Waals surface area contributed by atoms with Crippen LogP contribution in [0.1, 0.15) is 30.4 Å². The van der Waals surface area contributed by atoms with Gasteiger partial charge in [0.2, 0.25) is 0 Å². The highest BCUT2D eigenvalue weighted by molar-refractivity contribution is 5.35. The largest absolute Gasteiger partial charge is 0.350 e. The maximum atomic E-state index is 5.60. The van der Waals surface area contributed by atoms with Crippen LogP contribution in [0.15, 0.2) is 36.0 Å². The van der Waals surface area contributed by atoms with Crippen LogP contribution in [-0.4, -0.2) is 12.9 Å². The molecule has 1 heterocycles. The molecule has 1 aromatic carbocycles. The molecule has 0 amide bonds. The number of benzene rings is 1. The molecule has 1 aliphatic carbocycles. The molecule has 3 rings (SSSR count). The molecule has 1 saturated heterocycles. The summed E-state index contributed by atoms with van der Waals surface area (Å²) in [6, 6.07) is 8.55. The van der Waals surface area contributed by atoms with Crippen molar-refractivity contribution in [1.82, 2.24) is 5.48 Å². The first kappa shape index (κ1) is 11.8. The van der Waals surface area contributed by atoms with Crippen molar-refractivity contribution >= 4 is 0 Å². The second-order valence-electron chi connectivity index (χ2n) is 4.90. The summed E-state index contributed by atoms with van der Waals surface area (Å²) in [6.07, 6.45) is 7.33. The quantitative estimate of drug-likeness (QED) is 0.831. The molecule has 0 bridgehead atoms. The average Bonchev–Trinajstić information content (AvgIpc) is 2.46. The molecule has 1 aromatic rings. The first-order chi connectivity index (χ1) is 8.92.